The fourth-order valence-corrected chi connectivity index (χ4v) is 2.55. The van der Waals surface area contributed by atoms with Crippen molar-refractivity contribution >= 4 is 11.9 Å². The largest absolute Gasteiger partial charge is 0.478 e. The minimum absolute atomic E-state index is 0.0356. The van der Waals surface area contributed by atoms with Gasteiger partial charge in [-0.25, -0.2) is 4.79 Å². The van der Waals surface area contributed by atoms with E-state index < -0.39 is 11.9 Å². The number of rotatable bonds is 4. The Morgan fingerprint density at radius 3 is 1.71 bits per heavy atom. The molecule has 0 aromatic heterocycles. The molecule has 0 saturated heterocycles. The molecule has 0 bridgehead atoms. The van der Waals surface area contributed by atoms with Crippen molar-refractivity contribution in [1.29, 1.82) is 0 Å². The van der Waals surface area contributed by atoms with Crippen LogP contribution in [0.1, 0.15) is 20.7 Å². The van der Waals surface area contributed by atoms with E-state index in [4.69, 9.17) is 5.73 Å². The first kappa shape index (κ1) is 15.5. The van der Waals surface area contributed by atoms with E-state index in [1.807, 2.05) is 54.6 Å². The number of amides is 1. The van der Waals surface area contributed by atoms with Crippen LogP contribution in [-0.4, -0.2) is 17.0 Å². The summed E-state index contributed by atoms with van der Waals surface area (Å²) < 4.78 is 0. The van der Waals surface area contributed by atoms with Crippen molar-refractivity contribution in [2.45, 2.75) is 0 Å². The van der Waals surface area contributed by atoms with Crippen LogP contribution in [0.25, 0.3) is 22.3 Å². The van der Waals surface area contributed by atoms with Crippen LogP contribution in [0.5, 0.6) is 0 Å². The first-order valence-corrected chi connectivity index (χ1v) is 7.38. The Hall–Kier alpha value is -3.40. The van der Waals surface area contributed by atoms with E-state index in [-0.39, 0.29) is 11.1 Å². The lowest BCUT2D eigenvalue weighted by atomic mass is 9.97. The zero-order valence-electron chi connectivity index (χ0n) is 12.8. The van der Waals surface area contributed by atoms with Crippen molar-refractivity contribution in [3.05, 3.63) is 83.9 Å². The molecule has 0 unspecified atom stereocenters. The molecule has 0 aliphatic carbocycles. The smallest absolute Gasteiger partial charge is 0.335 e. The van der Waals surface area contributed by atoms with Gasteiger partial charge in [-0.05, 0) is 40.5 Å². The van der Waals surface area contributed by atoms with Crippen LogP contribution >= 0.6 is 0 Å². The van der Waals surface area contributed by atoms with Gasteiger partial charge in [0.2, 0.25) is 5.91 Å². The average Bonchev–Trinajstić information content (AvgIpc) is 2.62. The van der Waals surface area contributed by atoms with E-state index in [2.05, 4.69) is 0 Å². The molecule has 118 valence electrons. The molecule has 3 aromatic carbocycles. The summed E-state index contributed by atoms with van der Waals surface area (Å²) in [5, 5.41) is 9.20. The van der Waals surface area contributed by atoms with Gasteiger partial charge in [-0.15, -0.1) is 0 Å². The molecule has 0 aliphatic heterocycles. The fraction of sp³-hybridized carbons (Fsp3) is 0. The van der Waals surface area contributed by atoms with Gasteiger partial charge in [0.15, 0.2) is 0 Å². The number of aromatic carboxylic acids is 1. The third kappa shape index (κ3) is 3.17. The van der Waals surface area contributed by atoms with Crippen LogP contribution in [-0.2, 0) is 0 Å². The monoisotopic (exact) mass is 317 g/mol. The van der Waals surface area contributed by atoms with Crippen LogP contribution in [0.15, 0.2) is 72.8 Å². The summed E-state index contributed by atoms with van der Waals surface area (Å²) in [6, 6.07) is 22.1. The summed E-state index contributed by atoms with van der Waals surface area (Å²) in [7, 11) is 0. The molecular formula is C20H15NO3. The summed E-state index contributed by atoms with van der Waals surface area (Å²) in [6.07, 6.45) is 0. The maximum absolute atomic E-state index is 11.4. The Morgan fingerprint density at radius 2 is 1.17 bits per heavy atom. The van der Waals surface area contributed by atoms with Gasteiger partial charge in [0, 0.05) is 5.56 Å². The highest BCUT2D eigenvalue weighted by atomic mass is 16.4. The Bertz CT molecular complexity index is 868. The Labute approximate surface area is 139 Å². The molecular weight excluding hydrogens is 302 g/mol. The number of carbonyl (C=O) groups excluding carboxylic acids is 1. The molecule has 0 heterocycles. The van der Waals surface area contributed by atoms with Crippen molar-refractivity contribution in [2.24, 2.45) is 5.73 Å². The minimum atomic E-state index is -1.10. The van der Waals surface area contributed by atoms with E-state index in [0.29, 0.717) is 5.56 Å². The Kier molecular flexibility index (Phi) is 4.12. The normalized spacial score (nSPS) is 10.3. The maximum Gasteiger partial charge on any atom is 0.335 e. The van der Waals surface area contributed by atoms with Gasteiger partial charge >= 0.3 is 5.97 Å². The zero-order chi connectivity index (χ0) is 17.1. The third-order valence-electron chi connectivity index (χ3n) is 3.79. The second-order valence-corrected chi connectivity index (χ2v) is 5.41. The zero-order valence-corrected chi connectivity index (χ0v) is 12.8. The van der Waals surface area contributed by atoms with Gasteiger partial charge in [-0.1, -0.05) is 54.6 Å². The molecule has 0 fully saturated rings. The van der Waals surface area contributed by atoms with E-state index in [0.717, 1.165) is 16.7 Å². The second-order valence-electron chi connectivity index (χ2n) is 5.41. The average molecular weight is 317 g/mol. The summed E-state index contributed by atoms with van der Waals surface area (Å²) in [5.74, 6) is -1.75. The number of benzene rings is 3. The summed E-state index contributed by atoms with van der Waals surface area (Å²) >= 11 is 0. The molecule has 0 atom stereocenters. The predicted molar refractivity (Wildman–Crippen MR) is 92.8 cm³/mol. The summed E-state index contributed by atoms with van der Waals surface area (Å²) in [4.78, 5) is 22.7. The molecule has 24 heavy (non-hydrogen) atoms. The first-order chi connectivity index (χ1) is 11.5. The highest BCUT2D eigenvalue weighted by molar-refractivity contribution is 5.98. The van der Waals surface area contributed by atoms with Gasteiger partial charge < -0.3 is 10.8 Å². The van der Waals surface area contributed by atoms with Crippen LogP contribution in [0, 0.1) is 0 Å². The second kappa shape index (κ2) is 6.38. The van der Waals surface area contributed by atoms with Crippen LogP contribution in [0.3, 0.4) is 0 Å². The molecule has 1 amide bonds. The number of carbonyl (C=O) groups is 2. The van der Waals surface area contributed by atoms with Gasteiger partial charge in [0.05, 0.1) is 5.56 Å². The number of primary amides is 1. The van der Waals surface area contributed by atoms with Crippen molar-refractivity contribution < 1.29 is 14.7 Å². The highest BCUT2D eigenvalue weighted by Gasteiger charge is 2.11. The number of carboxylic acid groups (broad SMARTS) is 1. The van der Waals surface area contributed by atoms with E-state index in [1.165, 1.54) is 12.1 Å². The van der Waals surface area contributed by atoms with E-state index in [1.54, 1.807) is 6.07 Å². The van der Waals surface area contributed by atoms with Crippen molar-refractivity contribution in [1.82, 2.24) is 0 Å². The maximum atomic E-state index is 11.4. The lowest BCUT2D eigenvalue weighted by Gasteiger charge is -2.08. The standard InChI is InChI=1S/C20H15NO3/c21-19(22)17-10-16(11-18(12-17)20(23)24)15-8-6-14(7-9-15)13-4-2-1-3-5-13/h1-12H,(H2,21,22)(H,23,24). The lowest BCUT2D eigenvalue weighted by molar-refractivity contribution is 0.0697. The number of hydrogen-bond acceptors (Lipinski definition) is 2. The highest BCUT2D eigenvalue weighted by Crippen LogP contribution is 2.26. The van der Waals surface area contributed by atoms with Crippen LogP contribution in [0.4, 0.5) is 0 Å². The van der Waals surface area contributed by atoms with Crippen molar-refractivity contribution in [3.63, 3.8) is 0 Å². The molecule has 0 radical (unpaired) electrons. The van der Waals surface area contributed by atoms with Gasteiger partial charge in [0.1, 0.15) is 0 Å². The molecule has 0 saturated carbocycles. The molecule has 3 aromatic rings. The molecule has 0 aliphatic rings. The van der Waals surface area contributed by atoms with Gasteiger partial charge in [0.25, 0.3) is 0 Å². The minimum Gasteiger partial charge on any atom is -0.478 e. The SMILES string of the molecule is NC(=O)c1cc(C(=O)O)cc(-c2ccc(-c3ccccc3)cc2)c1. The summed E-state index contributed by atoms with van der Waals surface area (Å²) in [6.45, 7) is 0. The van der Waals surface area contributed by atoms with Crippen LogP contribution in [0.2, 0.25) is 0 Å². The van der Waals surface area contributed by atoms with Crippen molar-refractivity contribution in [3.8, 4) is 22.3 Å². The quantitative estimate of drug-likeness (QED) is 0.767. The molecule has 0 spiro atoms. The molecule has 4 nitrogen and oxygen atoms in total. The predicted octanol–water partition coefficient (Wildman–Crippen LogP) is 3.82. The molecule has 3 rings (SSSR count). The van der Waals surface area contributed by atoms with Crippen molar-refractivity contribution in [2.75, 3.05) is 0 Å². The fourth-order valence-electron chi connectivity index (χ4n) is 2.55. The van der Waals surface area contributed by atoms with Gasteiger partial charge in [-0.2, -0.15) is 0 Å². The Balaban J connectivity index is 2.03. The van der Waals surface area contributed by atoms with Gasteiger partial charge in [-0.3, -0.25) is 4.79 Å². The number of hydrogen-bond donors (Lipinski definition) is 2. The Morgan fingerprint density at radius 1 is 0.667 bits per heavy atom. The lowest BCUT2D eigenvalue weighted by Crippen LogP contribution is -2.12. The first-order valence-electron chi connectivity index (χ1n) is 7.38. The summed E-state index contributed by atoms with van der Waals surface area (Å²) in [5.41, 5.74) is 9.13. The van der Waals surface area contributed by atoms with E-state index >= 15 is 0 Å². The molecule has 4 heteroatoms. The third-order valence-corrected chi connectivity index (χ3v) is 3.79. The topological polar surface area (TPSA) is 80.4 Å². The van der Waals surface area contributed by atoms with Crippen LogP contribution < -0.4 is 5.73 Å². The molecule has 3 N–H and O–H groups in total. The van der Waals surface area contributed by atoms with E-state index in [9.17, 15) is 14.7 Å². The number of carboxylic acids is 1. The number of nitrogens with two attached hydrogens (primary N) is 1.